The highest BCUT2D eigenvalue weighted by molar-refractivity contribution is 7.88. The van der Waals surface area contributed by atoms with Gasteiger partial charge in [-0.05, 0) is 18.9 Å². The second-order valence-electron chi connectivity index (χ2n) is 4.82. The number of sulfonamides is 1. The second-order valence-corrected chi connectivity index (χ2v) is 6.57. The Kier molecular flexibility index (Phi) is 4.05. The first-order chi connectivity index (χ1) is 9.27. The van der Waals surface area contributed by atoms with E-state index in [2.05, 4.69) is 4.72 Å². The Morgan fingerprint density at radius 1 is 1.35 bits per heavy atom. The molecule has 1 aliphatic carbocycles. The van der Waals surface area contributed by atoms with Crippen molar-refractivity contribution >= 4 is 16.0 Å². The summed E-state index contributed by atoms with van der Waals surface area (Å²) in [4.78, 5) is 10.6. The summed E-state index contributed by atoms with van der Waals surface area (Å²) in [7, 11) is -3.78. The predicted molar refractivity (Wildman–Crippen MR) is 66.3 cm³/mol. The first-order valence-electron chi connectivity index (χ1n) is 5.93. The van der Waals surface area contributed by atoms with Crippen LogP contribution in [-0.2, 0) is 20.6 Å². The molecule has 2 rings (SSSR count). The van der Waals surface area contributed by atoms with Gasteiger partial charge >= 0.3 is 5.97 Å². The molecule has 0 spiro atoms. The molecule has 2 N–H and O–H groups in total. The molecule has 0 radical (unpaired) electrons. The van der Waals surface area contributed by atoms with Gasteiger partial charge < -0.3 is 5.11 Å². The molecule has 0 aliphatic heterocycles. The van der Waals surface area contributed by atoms with Crippen molar-refractivity contribution in [2.45, 2.75) is 24.6 Å². The highest BCUT2D eigenvalue weighted by Crippen LogP contribution is 2.28. The number of hydrogen-bond donors (Lipinski definition) is 2. The lowest BCUT2D eigenvalue weighted by Crippen LogP contribution is -2.46. The molecule has 0 bridgehead atoms. The van der Waals surface area contributed by atoms with Gasteiger partial charge in [0.15, 0.2) is 0 Å². The van der Waals surface area contributed by atoms with Gasteiger partial charge in [0.1, 0.15) is 11.6 Å². The van der Waals surface area contributed by atoms with E-state index in [0.29, 0.717) is 6.07 Å². The van der Waals surface area contributed by atoms with Crippen LogP contribution in [0, 0.1) is 17.6 Å². The fourth-order valence-electron chi connectivity index (χ4n) is 2.05. The van der Waals surface area contributed by atoms with E-state index in [0.717, 1.165) is 12.1 Å². The van der Waals surface area contributed by atoms with Gasteiger partial charge in [-0.15, -0.1) is 0 Å². The van der Waals surface area contributed by atoms with Crippen molar-refractivity contribution in [2.24, 2.45) is 5.92 Å². The Morgan fingerprint density at radius 2 is 2.00 bits per heavy atom. The summed E-state index contributed by atoms with van der Waals surface area (Å²) in [5, 5.41) is 8.68. The van der Waals surface area contributed by atoms with Crippen LogP contribution in [0.5, 0.6) is 0 Å². The SMILES string of the molecule is O=C(O)C1CC(NS(=O)(=O)Cc2ccc(F)cc2F)C1. The molecule has 0 unspecified atom stereocenters. The Labute approximate surface area is 114 Å². The lowest BCUT2D eigenvalue weighted by Gasteiger charge is -2.32. The molecule has 1 aromatic carbocycles. The Hall–Kier alpha value is -1.54. The zero-order valence-electron chi connectivity index (χ0n) is 10.3. The molecular weight excluding hydrogens is 292 g/mol. The summed E-state index contributed by atoms with van der Waals surface area (Å²) >= 11 is 0. The standard InChI is InChI=1S/C12H13F2NO4S/c13-9-2-1-7(11(14)5-9)6-20(18,19)15-10-3-8(4-10)12(16)17/h1-2,5,8,10,15H,3-4,6H2,(H,16,17). The van der Waals surface area contributed by atoms with Crippen LogP contribution in [0.4, 0.5) is 8.78 Å². The number of halogens is 2. The normalized spacial score (nSPS) is 22.3. The largest absolute Gasteiger partial charge is 0.481 e. The highest BCUT2D eigenvalue weighted by Gasteiger charge is 2.36. The molecule has 110 valence electrons. The minimum atomic E-state index is -3.78. The first-order valence-corrected chi connectivity index (χ1v) is 7.59. The summed E-state index contributed by atoms with van der Waals surface area (Å²) in [6, 6.07) is 2.24. The minimum absolute atomic E-state index is 0.131. The summed E-state index contributed by atoms with van der Waals surface area (Å²) in [5.74, 6) is -3.80. The van der Waals surface area contributed by atoms with E-state index in [-0.39, 0.29) is 18.4 Å². The van der Waals surface area contributed by atoms with E-state index in [4.69, 9.17) is 5.11 Å². The van der Waals surface area contributed by atoms with Gasteiger partial charge in [0.25, 0.3) is 0 Å². The monoisotopic (exact) mass is 305 g/mol. The van der Waals surface area contributed by atoms with Crippen molar-refractivity contribution in [2.75, 3.05) is 0 Å². The van der Waals surface area contributed by atoms with Gasteiger partial charge in [-0.2, -0.15) is 0 Å². The van der Waals surface area contributed by atoms with Crippen LogP contribution >= 0.6 is 0 Å². The van der Waals surface area contributed by atoms with E-state index in [9.17, 15) is 22.0 Å². The molecule has 0 atom stereocenters. The number of hydrogen-bond acceptors (Lipinski definition) is 3. The predicted octanol–water partition coefficient (Wildman–Crippen LogP) is 1.25. The fraction of sp³-hybridized carbons (Fsp3) is 0.417. The van der Waals surface area contributed by atoms with Crippen LogP contribution < -0.4 is 4.72 Å². The highest BCUT2D eigenvalue weighted by atomic mass is 32.2. The molecule has 0 amide bonds. The number of carboxylic acid groups (broad SMARTS) is 1. The number of carbonyl (C=O) groups is 1. The van der Waals surface area contributed by atoms with Crippen molar-refractivity contribution in [1.82, 2.24) is 4.72 Å². The molecule has 0 heterocycles. The average Bonchev–Trinajstić information content (AvgIpc) is 2.26. The van der Waals surface area contributed by atoms with Crippen molar-refractivity contribution in [3.8, 4) is 0 Å². The molecular formula is C12H13F2NO4S. The minimum Gasteiger partial charge on any atom is -0.481 e. The smallest absolute Gasteiger partial charge is 0.306 e. The van der Waals surface area contributed by atoms with Crippen LogP contribution in [0.2, 0.25) is 0 Å². The van der Waals surface area contributed by atoms with Crippen molar-refractivity contribution in [3.63, 3.8) is 0 Å². The summed E-state index contributed by atoms with van der Waals surface area (Å²) in [5.41, 5.74) is -0.131. The van der Waals surface area contributed by atoms with Gasteiger partial charge in [0, 0.05) is 17.7 Å². The van der Waals surface area contributed by atoms with Gasteiger partial charge in [0.05, 0.1) is 11.7 Å². The Morgan fingerprint density at radius 3 is 2.55 bits per heavy atom. The maximum atomic E-state index is 13.4. The quantitative estimate of drug-likeness (QED) is 0.857. The lowest BCUT2D eigenvalue weighted by molar-refractivity contribution is -0.145. The maximum Gasteiger partial charge on any atom is 0.306 e. The van der Waals surface area contributed by atoms with Crippen molar-refractivity contribution in [1.29, 1.82) is 0 Å². The molecule has 1 fully saturated rings. The maximum absolute atomic E-state index is 13.4. The fourth-order valence-corrected chi connectivity index (χ4v) is 3.48. The summed E-state index contributed by atoms with van der Waals surface area (Å²) in [6.45, 7) is 0. The third kappa shape index (κ3) is 3.51. The molecule has 1 saturated carbocycles. The van der Waals surface area contributed by atoms with Crippen LogP contribution in [-0.4, -0.2) is 25.5 Å². The molecule has 0 aromatic heterocycles. The number of rotatable bonds is 5. The zero-order chi connectivity index (χ0) is 14.9. The summed E-state index contributed by atoms with van der Waals surface area (Å²) in [6.07, 6.45) is 0.445. The lowest BCUT2D eigenvalue weighted by atomic mass is 9.81. The van der Waals surface area contributed by atoms with E-state index in [1.54, 1.807) is 0 Å². The molecule has 1 aliphatic rings. The average molecular weight is 305 g/mol. The van der Waals surface area contributed by atoms with Crippen LogP contribution in [0.25, 0.3) is 0 Å². The van der Waals surface area contributed by atoms with E-state index < -0.39 is 45.3 Å². The first kappa shape index (κ1) is 14.9. The van der Waals surface area contributed by atoms with Gasteiger partial charge in [-0.25, -0.2) is 21.9 Å². The molecule has 0 saturated heterocycles. The number of benzene rings is 1. The van der Waals surface area contributed by atoms with Gasteiger partial charge in [-0.3, -0.25) is 4.79 Å². The Bertz CT molecular complexity index is 626. The molecule has 1 aromatic rings. The Balaban J connectivity index is 1.96. The van der Waals surface area contributed by atoms with Crippen molar-refractivity contribution in [3.05, 3.63) is 35.4 Å². The molecule has 8 heteroatoms. The van der Waals surface area contributed by atoms with Gasteiger partial charge in [-0.1, -0.05) is 6.07 Å². The van der Waals surface area contributed by atoms with Gasteiger partial charge in [0.2, 0.25) is 10.0 Å². The zero-order valence-corrected chi connectivity index (χ0v) is 11.2. The number of carboxylic acids is 1. The number of aliphatic carboxylic acids is 1. The number of nitrogens with one attached hydrogen (secondary N) is 1. The summed E-state index contributed by atoms with van der Waals surface area (Å²) < 4.78 is 52.0. The van der Waals surface area contributed by atoms with Crippen molar-refractivity contribution < 1.29 is 27.1 Å². The van der Waals surface area contributed by atoms with Crippen LogP contribution in [0.3, 0.4) is 0 Å². The molecule has 20 heavy (non-hydrogen) atoms. The molecule has 5 nitrogen and oxygen atoms in total. The van der Waals surface area contributed by atoms with E-state index in [1.165, 1.54) is 0 Å². The third-order valence-corrected chi connectivity index (χ3v) is 4.58. The van der Waals surface area contributed by atoms with E-state index in [1.807, 2.05) is 0 Å². The third-order valence-electron chi connectivity index (χ3n) is 3.19. The second kappa shape index (κ2) is 5.45. The van der Waals surface area contributed by atoms with Crippen LogP contribution in [0.1, 0.15) is 18.4 Å². The van der Waals surface area contributed by atoms with E-state index >= 15 is 0 Å². The van der Waals surface area contributed by atoms with Crippen LogP contribution in [0.15, 0.2) is 18.2 Å². The topological polar surface area (TPSA) is 83.5 Å².